The second-order valence-corrected chi connectivity index (χ2v) is 10.5. The molecule has 0 aromatic heterocycles. The lowest BCUT2D eigenvalue weighted by Gasteiger charge is -2.33. The Balaban J connectivity index is 1.35. The van der Waals surface area contributed by atoms with Crippen LogP contribution in [0.2, 0.25) is 0 Å². The van der Waals surface area contributed by atoms with E-state index in [2.05, 4.69) is 22.8 Å². The first-order valence-corrected chi connectivity index (χ1v) is 14.1. The summed E-state index contributed by atoms with van der Waals surface area (Å²) in [6.07, 6.45) is -0.617. The highest BCUT2D eigenvalue weighted by atomic mass is 16.5. The van der Waals surface area contributed by atoms with Crippen LogP contribution in [0.5, 0.6) is 0 Å². The molecule has 41 heavy (non-hydrogen) atoms. The van der Waals surface area contributed by atoms with E-state index in [-0.39, 0.29) is 25.7 Å². The van der Waals surface area contributed by atoms with E-state index in [1.165, 1.54) is 0 Å². The largest absolute Gasteiger partial charge is 0.480 e. The topological polar surface area (TPSA) is 114 Å². The number of alkyl carbamates (subject to hydrolysis) is 1. The average molecular weight is 559 g/mol. The van der Waals surface area contributed by atoms with Crippen molar-refractivity contribution in [3.63, 3.8) is 0 Å². The summed E-state index contributed by atoms with van der Waals surface area (Å²) >= 11 is 0. The van der Waals surface area contributed by atoms with E-state index in [4.69, 9.17) is 9.47 Å². The summed E-state index contributed by atoms with van der Waals surface area (Å²) in [7, 11) is 0. The number of hydrogen-bond acceptors (Lipinski definition) is 5. The lowest BCUT2D eigenvalue weighted by molar-refractivity contribution is -0.148. The molecule has 0 spiro atoms. The van der Waals surface area contributed by atoms with E-state index >= 15 is 0 Å². The Kier molecular flexibility index (Phi) is 9.78. The maximum absolute atomic E-state index is 13.5. The van der Waals surface area contributed by atoms with Gasteiger partial charge in [0, 0.05) is 12.5 Å². The third-order valence-electron chi connectivity index (χ3n) is 8.13. The quantitative estimate of drug-likeness (QED) is 0.255. The summed E-state index contributed by atoms with van der Waals surface area (Å²) in [5.41, 5.74) is 4.39. The Hall–Kier alpha value is -4.17. The molecule has 0 saturated heterocycles. The number of rotatable bonds is 13. The van der Waals surface area contributed by atoms with Gasteiger partial charge in [-0.2, -0.15) is 0 Å². The SMILES string of the molecule is CCC(CC)(CNC(=O)OCC1c2ccccc2-c2ccccc21)C(=O)N[C@H](C(=O)O)[C@@H](C)OCc1ccccc1. The number of carboxylic acids is 1. The molecule has 0 aliphatic heterocycles. The van der Waals surface area contributed by atoms with Crippen LogP contribution in [0, 0.1) is 5.41 Å². The Labute approximate surface area is 241 Å². The fraction of sp³-hybridized carbons (Fsp3) is 0.364. The summed E-state index contributed by atoms with van der Waals surface area (Å²) in [4.78, 5) is 38.3. The van der Waals surface area contributed by atoms with Crippen molar-refractivity contribution in [3.8, 4) is 11.1 Å². The van der Waals surface area contributed by atoms with Gasteiger partial charge in [0.05, 0.1) is 18.1 Å². The van der Waals surface area contributed by atoms with Crippen molar-refractivity contribution < 1.29 is 29.0 Å². The summed E-state index contributed by atoms with van der Waals surface area (Å²) in [6.45, 7) is 5.69. The van der Waals surface area contributed by atoms with Crippen molar-refractivity contribution in [1.29, 1.82) is 0 Å². The van der Waals surface area contributed by atoms with Crippen LogP contribution in [0.4, 0.5) is 4.79 Å². The van der Waals surface area contributed by atoms with Crippen LogP contribution in [0.15, 0.2) is 78.9 Å². The fourth-order valence-electron chi connectivity index (χ4n) is 5.36. The number of carbonyl (C=O) groups excluding carboxylic acids is 2. The zero-order valence-corrected chi connectivity index (χ0v) is 23.8. The van der Waals surface area contributed by atoms with E-state index in [1.54, 1.807) is 6.92 Å². The standard InChI is InChI=1S/C33H38N2O6/c1-4-33(5-2,31(38)35-29(30(36)37)22(3)40-19-23-13-7-6-8-14-23)21-34-32(39)41-20-28-26-17-11-9-15-24(26)25-16-10-12-18-27(25)28/h6-18,22,28-29H,4-5,19-21H2,1-3H3,(H,34,39)(H,35,38)(H,36,37)/t22-,29+/m1/s1. The van der Waals surface area contributed by atoms with Crippen molar-refractivity contribution in [2.45, 2.75) is 58.3 Å². The lowest BCUT2D eigenvalue weighted by Crippen LogP contribution is -2.55. The average Bonchev–Trinajstić information content (AvgIpc) is 3.32. The molecule has 3 aromatic rings. The number of fused-ring (bicyclic) bond motifs is 3. The van der Waals surface area contributed by atoms with Gasteiger partial charge >= 0.3 is 12.1 Å². The number of carboxylic acid groups (broad SMARTS) is 1. The molecule has 2 atom stereocenters. The Morgan fingerprint density at radius 1 is 0.878 bits per heavy atom. The Morgan fingerprint density at radius 3 is 2.00 bits per heavy atom. The highest BCUT2D eigenvalue weighted by Gasteiger charge is 2.39. The maximum atomic E-state index is 13.5. The zero-order valence-electron chi connectivity index (χ0n) is 23.8. The second-order valence-electron chi connectivity index (χ2n) is 10.5. The molecule has 8 heteroatoms. The van der Waals surface area contributed by atoms with Gasteiger partial charge in [0.25, 0.3) is 0 Å². The van der Waals surface area contributed by atoms with Crippen LogP contribution in [0.1, 0.15) is 56.2 Å². The predicted molar refractivity (Wildman–Crippen MR) is 156 cm³/mol. The first kappa shape index (κ1) is 29.8. The highest BCUT2D eigenvalue weighted by Crippen LogP contribution is 2.44. The minimum absolute atomic E-state index is 0.00804. The van der Waals surface area contributed by atoms with Crippen LogP contribution in [-0.2, 0) is 25.7 Å². The normalized spacial score (nSPS) is 13.9. The van der Waals surface area contributed by atoms with Crippen molar-refractivity contribution in [1.82, 2.24) is 10.6 Å². The molecule has 0 saturated carbocycles. The molecule has 4 rings (SSSR count). The van der Waals surface area contributed by atoms with Crippen molar-refractivity contribution >= 4 is 18.0 Å². The molecule has 0 unspecified atom stereocenters. The second kappa shape index (κ2) is 13.5. The number of amides is 2. The number of nitrogens with one attached hydrogen (secondary N) is 2. The van der Waals surface area contributed by atoms with Gasteiger partial charge in [-0.05, 0) is 47.6 Å². The minimum Gasteiger partial charge on any atom is -0.480 e. The molecule has 1 aliphatic rings. The Morgan fingerprint density at radius 2 is 1.44 bits per heavy atom. The summed E-state index contributed by atoms with van der Waals surface area (Å²) in [5, 5.41) is 15.3. The minimum atomic E-state index is -1.25. The van der Waals surface area contributed by atoms with Crippen LogP contribution in [-0.4, -0.2) is 48.4 Å². The number of hydrogen-bond donors (Lipinski definition) is 3. The molecule has 3 aromatic carbocycles. The number of ether oxygens (including phenoxy) is 2. The summed E-state index contributed by atoms with van der Waals surface area (Å²) in [6, 6.07) is 24.3. The molecule has 216 valence electrons. The smallest absolute Gasteiger partial charge is 0.407 e. The van der Waals surface area contributed by atoms with E-state index < -0.39 is 35.5 Å². The van der Waals surface area contributed by atoms with Crippen molar-refractivity contribution in [3.05, 3.63) is 95.6 Å². The molecule has 2 amide bonds. The molecule has 3 N–H and O–H groups in total. The highest BCUT2D eigenvalue weighted by molar-refractivity contribution is 5.88. The molecular weight excluding hydrogens is 520 g/mol. The third kappa shape index (κ3) is 6.77. The van der Waals surface area contributed by atoms with Gasteiger partial charge in [-0.1, -0.05) is 92.7 Å². The van der Waals surface area contributed by atoms with E-state index in [9.17, 15) is 19.5 Å². The maximum Gasteiger partial charge on any atom is 0.407 e. The number of aliphatic carboxylic acids is 1. The van der Waals surface area contributed by atoms with E-state index in [0.717, 1.165) is 27.8 Å². The summed E-state index contributed by atoms with van der Waals surface area (Å²) < 4.78 is 11.4. The van der Waals surface area contributed by atoms with E-state index in [1.807, 2.05) is 80.6 Å². The molecule has 8 nitrogen and oxygen atoms in total. The van der Waals surface area contributed by atoms with Gasteiger partial charge in [-0.3, -0.25) is 4.79 Å². The number of carbonyl (C=O) groups is 3. The van der Waals surface area contributed by atoms with E-state index in [0.29, 0.717) is 12.8 Å². The van der Waals surface area contributed by atoms with Crippen LogP contribution in [0.3, 0.4) is 0 Å². The monoisotopic (exact) mass is 558 g/mol. The van der Waals surface area contributed by atoms with Crippen LogP contribution >= 0.6 is 0 Å². The molecular formula is C33H38N2O6. The predicted octanol–water partition coefficient (Wildman–Crippen LogP) is 5.51. The van der Waals surface area contributed by atoms with Gasteiger partial charge in [-0.15, -0.1) is 0 Å². The van der Waals surface area contributed by atoms with Gasteiger partial charge in [0.2, 0.25) is 5.91 Å². The Bertz CT molecular complexity index is 1310. The molecule has 1 aliphatic carbocycles. The van der Waals surface area contributed by atoms with Crippen LogP contribution < -0.4 is 10.6 Å². The lowest BCUT2D eigenvalue weighted by atomic mass is 9.81. The van der Waals surface area contributed by atoms with Gasteiger partial charge in [-0.25, -0.2) is 9.59 Å². The zero-order chi connectivity index (χ0) is 29.4. The fourth-order valence-corrected chi connectivity index (χ4v) is 5.36. The van der Waals surface area contributed by atoms with Gasteiger partial charge in [0.15, 0.2) is 6.04 Å². The van der Waals surface area contributed by atoms with Crippen molar-refractivity contribution in [2.24, 2.45) is 5.41 Å². The molecule has 0 bridgehead atoms. The van der Waals surface area contributed by atoms with Crippen LogP contribution in [0.25, 0.3) is 11.1 Å². The van der Waals surface area contributed by atoms with Crippen molar-refractivity contribution in [2.75, 3.05) is 13.2 Å². The van der Waals surface area contributed by atoms with Gasteiger partial charge < -0.3 is 25.2 Å². The molecule has 0 heterocycles. The molecule has 0 fully saturated rings. The first-order chi connectivity index (χ1) is 19.8. The first-order valence-electron chi connectivity index (χ1n) is 14.1. The number of benzene rings is 3. The molecule has 0 radical (unpaired) electrons. The summed E-state index contributed by atoms with van der Waals surface area (Å²) in [5.74, 6) is -1.72. The van der Waals surface area contributed by atoms with Gasteiger partial charge in [0.1, 0.15) is 6.61 Å². The third-order valence-corrected chi connectivity index (χ3v) is 8.13.